The van der Waals surface area contributed by atoms with Crippen LogP contribution < -0.4 is 10.1 Å². The quantitative estimate of drug-likeness (QED) is 0.472. The third-order valence-corrected chi connectivity index (χ3v) is 4.96. The fourth-order valence-electron chi connectivity index (χ4n) is 3.26. The van der Waals surface area contributed by atoms with E-state index in [4.69, 9.17) is 4.74 Å². The van der Waals surface area contributed by atoms with Crippen molar-refractivity contribution < 1.29 is 9.53 Å². The van der Waals surface area contributed by atoms with E-state index in [2.05, 4.69) is 15.4 Å². The van der Waals surface area contributed by atoms with E-state index in [1.807, 2.05) is 85.8 Å². The van der Waals surface area contributed by atoms with Crippen LogP contribution in [0.4, 0.5) is 5.69 Å². The van der Waals surface area contributed by atoms with Gasteiger partial charge in [0.2, 0.25) is 5.91 Å². The fraction of sp³-hybridized carbons (Fsp3) is 0.160. The molecule has 0 fully saturated rings. The van der Waals surface area contributed by atoms with E-state index in [0.717, 1.165) is 22.5 Å². The Morgan fingerprint density at radius 2 is 1.68 bits per heavy atom. The first-order chi connectivity index (χ1) is 15.1. The van der Waals surface area contributed by atoms with Gasteiger partial charge in [-0.25, -0.2) is 4.68 Å². The second-order valence-electron chi connectivity index (χ2n) is 7.28. The lowest BCUT2D eigenvalue weighted by Crippen LogP contribution is -2.12. The van der Waals surface area contributed by atoms with E-state index in [1.54, 1.807) is 11.8 Å². The fourth-order valence-corrected chi connectivity index (χ4v) is 3.26. The highest BCUT2D eigenvalue weighted by atomic mass is 16.5. The molecule has 0 saturated heterocycles. The first kappa shape index (κ1) is 20.3. The molecule has 0 saturated carbocycles. The Morgan fingerprint density at radius 3 is 2.35 bits per heavy atom. The number of hydrogen-bond acceptors (Lipinski definition) is 4. The van der Waals surface area contributed by atoms with Gasteiger partial charge >= 0.3 is 6.01 Å². The molecule has 3 aromatic carbocycles. The zero-order valence-corrected chi connectivity index (χ0v) is 17.6. The van der Waals surface area contributed by atoms with E-state index >= 15 is 0 Å². The van der Waals surface area contributed by atoms with Gasteiger partial charge in [0, 0.05) is 17.7 Å². The third kappa shape index (κ3) is 4.98. The minimum absolute atomic E-state index is 0.0145. The molecule has 1 aromatic heterocycles. The molecule has 0 aliphatic heterocycles. The van der Waals surface area contributed by atoms with Gasteiger partial charge in [-0.1, -0.05) is 60.2 Å². The normalized spacial score (nSPS) is 10.6. The molecule has 156 valence electrons. The first-order valence-electron chi connectivity index (χ1n) is 10.1. The van der Waals surface area contributed by atoms with Gasteiger partial charge in [0.15, 0.2) is 5.82 Å². The summed E-state index contributed by atoms with van der Waals surface area (Å²) in [5.74, 6) is 0.677. The molecule has 4 aromatic rings. The Balaban J connectivity index is 1.48. The van der Waals surface area contributed by atoms with Crippen LogP contribution >= 0.6 is 0 Å². The van der Waals surface area contributed by atoms with Gasteiger partial charge in [0.1, 0.15) is 0 Å². The number of aryl methyl sites for hydroxylation is 2. The van der Waals surface area contributed by atoms with Crippen LogP contribution in [0.15, 0.2) is 78.9 Å². The molecule has 0 unspecified atom stereocenters. The van der Waals surface area contributed by atoms with Crippen molar-refractivity contribution in [2.45, 2.75) is 19.8 Å². The van der Waals surface area contributed by atoms with E-state index in [-0.39, 0.29) is 5.91 Å². The molecule has 6 nitrogen and oxygen atoms in total. The topological polar surface area (TPSA) is 69.0 Å². The van der Waals surface area contributed by atoms with Crippen molar-refractivity contribution in [3.8, 4) is 23.1 Å². The number of amides is 1. The smallest absolute Gasteiger partial charge is 0.336 e. The number of ether oxygens (including phenoxy) is 1. The van der Waals surface area contributed by atoms with Gasteiger partial charge in [-0.3, -0.25) is 4.79 Å². The SMILES string of the molecule is COc1nc(-c2ccc(C)cc2)n(-c2ccc(NC(=O)CCc3ccccc3)cc2)n1. The summed E-state index contributed by atoms with van der Waals surface area (Å²) >= 11 is 0. The number of carbonyl (C=O) groups is 1. The molecule has 31 heavy (non-hydrogen) atoms. The lowest BCUT2D eigenvalue weighted by Gasteiger charge is -2.09. The summed E-state index contributed by atoms with van der Waals surface area (Å²) in [7, 11) is 1.55. The van der Waals surface area contributed by atoms with Gasteiger partial charge in [0.05, 0.1) is 12.8 Å². The number of carbonyl (C=O) groups excluding carboxylic acids is 1. The van der Waals surface area contributed by atoms with E-state index in [0.29, 0.717) is 24.7 Å². The lowest BCUT2D eigenvalue weighted by molar-refractivity contribution is -0.116. The Hall–Kier alpha value is -3.93. The molecular formula is C25H24N4O2. The predicted molar refractivity (Wildman–Crippen MR) is 121 cm³/mol. The lowest BCUT2D eigenvalue weighted by atomic mass is 10.1. The van der Waals surface area contributed by atoms with Crippen molar-refractivity contribution >= 4 is 11.6 Å². The standard InChI is InChI=1S/C25H24N4O2/c1-18-8-11-20(12-9-18)24-27-25(31-2)28-29(24)22-15-13-21(14-16-22)26-23(30)17-10-19-6-4-3-5-7-19/h3-9,11-16H,10,17H2,1-2H3,(H,26,30). The van der Waals surface area contributed by atoms with E-state index in [9.17, 15) is 4.79 Å². The van der Waals surface area contributed by atoms with Crippen molar-refractivity contribution in [1.82, 2.24) is 14.8 Å². The summed E-state index contributed by atoms with van der Waals surface area (Å²) in [5.41, 5.74) is 4.84. The highest BCUT2D eigenvalue weighted by Gasteiger charge is 2.14. The minimum Gasteiger partial charge on any atom is -0.466 e. The van der Waals surface area contributed by atoms with Crippen molar-refractivity contribution in [1.29, 1.82) is 0 Å². The maximum Gasteiger partial charge on any atom is 0.336 e. The highest BCUT2D eigenvalue weighted by Crippen LogP contribution is 2.24. The largest absolute Gasteiger partial charge is 0.466 e. The van der Waals surface area contributed by atoms with Crippen LogP contribution in [0.2, 0.25) is 0 Å². The molecule has 1 N–H and O–H groups in total. The number of methoxy groups -OCH3 is 1. The molecule has 4 rings (SSSR count). The Bertz CT molecular complexity index is 1150. The van der Waals surface area contributed by atoms with Gasteiger partial charge in [-0.05, 0) is 43.2 Å². The molecule has 0 bridgehead atoms. The number of nitrogens with zero attached hydrogens (tertiary/aromatic N) is 3. The molecule has 0 atom stereocenters. The number of rotatable bonds is 7. The van der Waals surface area contributed by atoms with E-state index < -0.39 is 0 Å². The van der Waals surface area contributed by atoms with Crippen molar-refractivity contribution in [3.63, 3.8) is 0 Å². The number of nitrogens with one attached hydrogen (secondary N) is 1. The van der Waals surface area contributed by atoms with Gasteiger partial charge in [-0.15, -0.1) is 5.10 Å². The Labute approximate surface area is 181 Å². The summed E-state index contributed by atoms with van der Waals surface area (Å²) in [6.45, 7) is 2.04. The third-order valence-electron chi connectivity index (χ3n) is 4.96. The maximum absolute atomic E-state index is 12.3. The zero-order valence-electron chi connectivity index (χ0n) is 17.6. The van der Waals surface area contributed by atoms with Gasteiger partial charge < -0.3 is 10.1 Å². The summed E-state index contributed by atoms with van der Waals surface area (Å²) < 4.78 is 6.98. The second-order valence-corrected chi connectivity index (χ2v) is 7.28. The van der Waals surface area contributed by atoms with Gasteiger partial charge in [-0.2, -0.15) is 4.98 Å². The second kappa shape index (κ2) is 9.26. The van der Waals surface area contributed by atoms with Crippen LogP contribution in [-0.4, -0.2) is 27.8 Å². The molecule has 0 aliphatic rings. The maximum atomic E-state index is 12.3. The number of benzene rings is 3. The van der Waals surface area contributed by atoms with Crippen LogP contribution in [0.3, 0.4) is 0 Å². The van der Waals surface area contributed by atoms with Crippen LogP contribution in [0, 0.1) is 6.92 Å². The summed E-state index contributed by atoms with van der Waals surface area (Å²) in [6.07, 6.45) is 1.15. The average molecular weight is 412 g/mol. The average Bonchev–Trinajstić information content (AvgIpc) is 3.24. The summed E-state index contributed by atoms with van der Waals surface area (Å²) in [6, 6.07) is 25.9. The molecule has 6 heteroatoms. The summed E-state index contributed by atoms with van der Waals surface area (Å²) in [4.78, 5) is 16.8. The summed E-state index contributed by atoms with van der Waals surface area (Å²) in [5, 5.41) is 7.40. The number of hydrogen-bond donors (Lipinski definition) is 1. The number of anilines is 1. The van der Waals surface area contributed by atoms with Crippen LogP contribution in [0.5, 0.6) is 6.01 Å². The van der Waals surface area contributed by atoms with Crippen LogP contribution in [0.1, 0.15) is 17.5 Å². The Morgan fingerprint density at radius 1 is 0.968 bits per heavy atom. The van der Waals surface area contributed by atoms with E-state index in [1.165, 1.54) is 5.56 Å². The molecule has 1 heterocycles. The zero-order chi connectivity index (χ0) is 21.6. The molecule has 0 aliphatic carbocycles. The predicted octanol–water partition coefficient (Wildman–Crippen LogP) is 4.82. The highest BCUT2D eigenvalue weighted by molar-refractivity contribution is 5.90. The van der Waals surface area contributed by atoms with Crippen molar-refractivity contribution in [3.05, 3.63) is 90.0 Å². The van der Waals surface area contributed by atoms with Gasteiger partial charge in [0.25, 0.3) is 0 Å². The molecule has 1 amide bonds. The van der Waals surface area contributed by atoms with Crippen LogP contribution in [-0.2, 0) is 11.2 Å². The van der Waals surface area contributed by atoms with Crippen LogP contribution in [0.25, 0.3) is 17.1 Å². The number of aromatic nitrogens is 3. The first-order valence-corrected chi connectivity index (χ1v) is 10.1. The minimum atomic E-state index is -0.0145. The molecule has 0 spiro atoms. The molecular weight excluding hydrogens is 388 g/mol. The Kier molecular flexibility index (Phi) is 6.08. The monoisotopic (exact) mass is 412 g/mol. The molecule has 0 radical (unpaired) electrons. The van der Waals surface area contributed by atoms with Crippen molar-refractivity contribution in [2.75, 3.05) is 12.4 Å². The van der Waals surface area contributed by atoms with Crippen molar-refractivity contribution in [2.24, 2.45) is 0 Å².